The topological polar surface area (TPSA) is 106 Å². The van der Waals surface area contributed by atoms with Crippen LogP contribution in [0.3, 0.4) is 0 Å². The highest BCUT2D eigenvalue weighted by Crippen LogP contribution is 2.22. The van der Waals surface area contributed by atoms with Crippen molar-refractivity contribution in [2.45, 2.75) is 6.92 Å². The molecule has 94 valence electrons. The summed E-state index contributed by atoms with van der Waals surface area (Å²) >= 11 is 0. The summed E-state index contributed by atoms with van der Waals surface area (Å²) in [4.78, 5) is 15.1. The van der Waals surface area contributed by atoms with Crippen LogP contribution in [0.5, 0.6) is 0 Å². The Bertz CT molecular complexity index is 605. The van der Waals surface area contributed by atoms with Crippen molar-refractivity contribution in [3.05, 3.63) is 29.7 Å². The summed E-state index contributed by atoms with van der Waals surface area (Å²) in [7, 11) is 1.78. The number of hydrogen-bond acceptors (Lipinski definition) is 5. The first-order valence-corrected chi connectivity index (χ1v) is 5.23. The third-order valence-corrected chi connectivity index (χ3v) is 2.41. The van der Waals surface area contributed by atoms with Gasteiger partial charge in [-0.25, -0.2) is 9.78 Å². The van der Waals surface area contributed by atoms with Crippen LogP contribution in [0, 0.1) is 6.92 Å². The Labute approximate surface area is 103 Å². The zero-order valence-electron chi connectivity index (χ0n) is 10.0. The van der Waals surface area contributed by atoms with Gasteiger partial charge in [0.2, 0.25) is 0 Å². The molecule has 2 heterocycles. The molecule has 0 aliphatic rings. The van der Waals surface area contributed by atoms with Crippen molar-refractivity contribution >= 4 is 23.2 Å². The van der Waals surface area contributed by atoms with E-state index in [9.17, 15) is 4.79 Å². The van der Waals surface area contributed by atoms with E-state index < -0.39 is 5.97 Å². The van der Waals surface area contributed by atoms with Crippen molar-refractivity contribution < 1.29 is 9.90 Å². The first-order valence-electron chi connectivity index (χ1n) is 5.23. The van der Waals surface area contributed by atoms with E-state index in [-0.39, 0.29) is 11.4 Å². The molecule has 0 atom stereocenters. The average molecular weight is 247 g/mol. The lowest BCUT2D eigenvalue weighted by Crippen LogP contribution is -2.06. The van der Waals surface area contributed by atoms with Crippen molar-refractivity contribution in [3.8, 4) is 0 Å². The van der Waals surface area contributed by atoms with Gasteiger partial charge in [-0.1, -0.05) is 0 Å². The first-order chi connectivity index (χ1) is 8.47. The fraction of sp³-hybridized carbons (Fsp3) is 0.182. The molecule has 2 rings (SSSR count). The van der Waals surface area contributed by atoms with Gasteiger partial charge in [-0.2, -0.15) is 5.10 Å². The van der Waals surface area contributed by atoms with E-state index in [0.717, 1.165) is 5.69 Å². The van der Waals surface area contributed by atoms with Crippen LogP contribution in [0.1, 0.15) is 16.1 Å². The van der Waals surface area contributed by atoms with Crippen LogP contribution in [-0.4, -0.2) is 25.8 Å². The standard InChI is InChI=1S/C11H13N5O2/c1-6-9(5-16(2)15-6)14-10-8(11(17)18)3-7(12)4-13-10/h3-5H,12H2,1-2H3,(H,13,14)(H,17,18). The molecule has 0 amide bonds. The molecule has 0 bridgehead atoms. The summed E-state index contributed by atoms with van der Waals surface area (Å²) in [6.45, 7) is 1.82. The number of carbonyl (C=O) groups is 1. The quantitative estimate of drug-likeness (QED) is 0.751. The van der Waals surface area contributed by atoms with E-state index in [1.165, 1.54) is 12.3 Å². The van der Waals surface area contributed by atoms with Gasteiger partial charge in [0.1, 0.15) is 11.4 Å². The highest BCUT2D eigenvalue weighted by atomic mass is 16.4. The van der Waals surface area contributed by atoms with Gasteiger partial charge < -0.3 is 16.2 Å². The van der Waals surface area contributed by atoms with Gasteiger partial charge in [0.05, 0.1) is 23.3 Å². The molecular formula is C11H13N5O2. The number of aromatic nitrogens is 3. The lowest BCUT2D eigenvalue weighted by molar-refractivity contribution is 0.0697. The minimum atomic E-state index is -1.08. The van der Waals surface area contributed by atoms with Crippen LogP contribution in [0.15, 0.2) is 18.5 Å². The molecule has 0 fully saturated rings. The molecule has 4 N–H and O–H groups in total. The molecule has 0 aromatic carbocycles. The highest BCUT2D eigenvalue weighted by Gasteiger charge is 2.14. The van der Waals surface area contributed by atoms with E-state index >= 15 is 0 Å². The molecule has 2 aromatic heterocycles. The Morgan fingerprint density at radius 3 is 2.83 bits per heavy atom. The van der Waals surface area contributed by atoms with Crippen LogP contribution in [0.25, 0.3) is 0 Å². The summed E-state index contributed by atoms with van der Waals surface area (Å²) in [6, 6.07) is 1.36. The Morgan fingerprint density at radius 1 is 1.56 bits per heavy atom. The molecule has 0 saturated carbocycles. The maximum absolute atomic E-state index is 11.1. The molecule has 0 radical (unpaired) electrons. The number of pyridine rings is 1. The van der Waals surface area contributed by atoms with E-state index in [2.05, 4.69) is 15.4 Å². The second-order valence-electron chi connectivity index (χ2n) is 3.90. The SMILES string of the molecule is Cc1nn(C)cc1Nc1ncc(N)cc1C(=O)O. The molecule has 0 unspecified atom stereocenters. The van der Waals surface area contributed by atoms with Crippen LogP contribution < -0.4 is 11.1 Å². The van der Waals surface area contributed by atoms with Crippen molar-refractivity contribution in [2.75, 3.05) is 11.1 Å². The van der Waals surface area contributed by atoms with Crippen LogP contribution in [0.4, 0.5) is 17.2 Å². The molecule has 0 spiro atoms. The largest absolute Gasteiger partial charge is 0.478 e. The zero-order chi connectivity index (χ0) is 13.3. The number of nitrogen functional groups attached to an aromatic ring is 1. The summed E-state index contributed by atoms with van der Waals surface area (Å²) in [5.41, 5.74) is 7.32. The summed E-state index contributed by atoms with van der Waals surface area (Å²) in [5, 5.41) is 16.2. The normalized spacial score (nSPS) is 10.3. The first kappa shape index (κ1) is 11.9. The van der Waals surface area contributed by atoms with Crippen molar-refractivity contribution in [2.24, 2.45) is 7.05 Å². The molecule has 0 aliphatic carbocycles. The van der Waals surface area contributed by atoms with E-state index in [1.54, 1.807) is 17.9 Å². The smallest absolute Gasteiger partial charge is 0.339 e. The van der Waals surface area contributed by atoms with Gasteiger partial charge >= 0.3 is 5.97 Å². The van der Waals surface area contributed by atoms with Crippen LogP contribution in [-0.2, 0) is 7.05 Å². The minimum absolute atomic E-state index is 0.0262. The molecule has 0 saturated heterocycles. The number of carboxylic acid groups (broad SMARTS) is 1. The lowest BCUT2D eigenvalue weighted by Gasteiger charge is -2.07. The molecule has 2 aromatic rings. The second-order valence-corrected chi connectivity index (χ2v) is 3.90. The number of rotatable bonds is 3. The Kier molecular flexibility index (Phi) is 2.88. The fourth-order valence-electron chi connectivity index (χ4n) is 1.59. The van der Waals surface area contributed by atoms with Crippen molar-refractivity contribution in [3.63, 3.8) is 0 Å². The molecule has 18 heavy (non-hydrogen) atoms. The molecule has 7 nitrogen and oxygen atoms in total. The van der Waals surface area contributed by atoms with Crippen molar-refractivity contribution in [1.29, 1.82) is 0 Å². The number of hydrogen-bond donors (Lipinski definition) is 3. The van der Waals surface area contributed by atoms with Gasteiger partial charge in [0.15, 0.2) is 0 Å². The predicted molar refractivity (Wildman–Crippen MR) is 66.8 cm³/mol. The summed E-state index contributed by atoms with van der Waals surface area (Å²) in [6.07, 6.45) is 3.15. The van der Waals surface area contributed by atoms with Crippen LogP contribution >= 0.6 is 0 Å². The van der Waals surface area contributed by atoms with Gasteiger partial charge in [0.25, 0.3) is 0 Å². The molecule has 0 aliphatic heterocycles. The maximum atomic E-state index is 11.1. The van der Waals surface area contributed by atoms with Gasteiger partial charge in [0, 0.05) is 13.2 Å². The van der Waals surface area contributed by atoms with E-state index in [0.29, 0.717) is 11.4 Å². The second kappa shape index (κ2) is 4.36. The lowest BCUT2D eigenvalue weighted by atomic mass is 10.2. The van der Waals surface area contributed by atoms with E-state index in [1.807, 2.05) is 6.92 Å². The number of aromatic carboxylic acids is 1. The van der Waals surface area contributed by atoms with Crippen LogP contribution in [0.2, 0.25) is 0 Å². The number of carboxylic acids is 1. The number of nitrogens with one attached hydrogen (secondary N) is 1. The third-order valence-electron chi connectivity index (χ3n) is 2.41. The zero-order valence-corrected chi connectivity index (χ0v) is 10.0. The maximum Gasteiger partial charge on any atom is 0.339 e. The Morgan fingerprint density at radius 2 is 2.28 bits per heavy atom. The van der Waals surface area contributed by atoms with Gasteiger partial charge in [-0.05, 0) is 13.0 Å². The third kappa shape index (κ3) is 2.24. The van der Waals surface area contributed by atoms with Crippen molar-refractivity contribution in [1.82, 2.24) is 14.8 Å². The molecule has 7 heteroatoms. The highest BCUT2D eigenvalue weighted by molar-refractivity contribution is 5.94. The Hall–Kier alpha value is -2.57. The number of aryl methyl sites for hydroxylation is 2. The minimum Gasteiger partial charge on any atom is -0.478 e. The summed E-state index contributed by atoms with van der Waals surface area (Å²) in [5.74, 6) is -0.841. The average Bonchev–Trinajstić information content (AvgIpc) is 2.60. The summed E-state index contributed by atoms with van der Waals surface area (Å²) < 4.78 is 1.63. The Balaban J connectivity index is 2.40. The number of nitrogens with two attached hydrogens (primary N) is 1. The number of anilines is 3. The predicted octanol–water partition coefficient (Wildman–Crippen LogP) is 1.15. The van der Waals surface area contributed by atoms with E-state index in [4.69, 9.17) is 10.8 Å². The monoisotopic (exact) mass is 247 g/mol. The number of nitrogens with zero attached hydrogens (tertiary/aromatic N) is 3. The van der Waals surface area contributed by atoms with Gasteiger partial charge in [-0.3, -0.25) is 4.68 Å². The van der Waals surface area contributed by atoms with Gasteiger partial charge in [-0.15, -0.1) is 0 Å². The fourth-order valence-corrected chi connectivity index (χ4v) is 1.59. The molecular weight excluding hydrogens is 234 g/mol.